The van der Waals surface area contributed by atoms with E-state index in [0.717, 1.165) is 0 Å². The lowest BCUT2D eigenvalue weighted by Gasteiger charge is -2.36. The smallest absolute Gasteiger partial charge is 0.379 e. The van der Waals surface area contributed by atoms with E-state index in [-0.39, 0.29) is 37.9 Å². The molecule has 1 aliphatic rings. The Labute approximate surface area is 140 Å². The maximum atomic E-state index is 12.4. The molecular formula is C15H26F3N3O3. The van der Waals surface area contributed by atoms with Crippen LogP contribution in [0.3, 0.4) is 0 Å². The number of halogens is 3. The van der Waals surface area contributed by atoms with Crippen LogP contribution in [-0.4, -0.2) is 79.8 Å². The van der Waals surface area contributed by atoms with Crippen LogP contribution < -0.4 is 5.32 Å². The maximum Gasteiger partial charge on any atom is 0.401 e. The number of carbonyl (C=O) groups is 2. The first-order valence-corrected chi connectivity index (χ1v) is 7.96. The number of amides is 2. The molecule has 0 aromatic heterocycles. The van der Waals surface area contributed by atoms with Crippen molar-refractivity contribution in [3.63, 3.8) is 0 Å². The maximum absolute atomic E-state index is 12.4. The minimum atomic E-state index is -4.24. The molecule has 0 unspecified atom stereocenters. The molecule has 0 spiro atoms. The molecule has 24 heavy (non-hydrogen) atoms. The lowest BCUT2D eigenvalue weighted by Crippen LogP contribution is -2.58. The quantitative estimate of drug-likeness (QED) is 0.786. The molecule has 9 heteroatoms. The molecule has 0 radical (unpaired) electrons. The number of piperazine rings is 1. The van der Waals surface area contributed by atoms with Crippen molar-refractivity contribution in [2.45, 2.75) is 39.1 Å². The van der Waals surface area contributed by atoms with Gasteiger partial charge in [-0.25, -0.2) is 4.79 Å². The molecule has 0 aromatic rings. The van der Waals surface area contributed by atoms with Gasteiger partial charge in [0.25, 0.3) is 0 Å². The largest absolute Gasteiger partial charge is 0.401 e. The second kappa shape index (κ2) is 8.66. The average molecular weight is 353 g/mol. The van der Waals surface area contributed by atoms with Crippen molar-refractivity contribution in [3.05, 3.63) is 0 Å². The summed E-state index contributed by atoms with van der Waals surface area (Å²) in [7, 11) is 1.45. The fourth-order valence-electron chi connectivity index (χ4n) is 2.50. The summed E-state index contributed by atoms with van der Waals surface area (Å²) >= 11 is 0. The van der Waals surface area contributed by atoms with Gasteiger partial charge >= 0.3 is 12.2 Å². The van der Waals surface area contributed by atoms with Crippen LogP contribution in [0.25, 0.3) is 0 Å². The number of methoxy groups -OCH3 is 1. The number of hydrogen-bond acceptors (Lipinski definition) is 4. The van der Waals surface area contributed by atoms with E-state index in [9.17, 15) is 22.8 Å². The highest BCUT2D eigenvalue weighted by atomic mass is 19.4. The molecule has 2 atom stereocenters. The predicted octanol–water partition coefficient (Wildman–Crippen LogP) is 1.50. The Bertz CT molecular complexity index is 435. The van der Waals surface area contributed by atoms with Crippen molar-refractivity contribution < 1.29 is 27.5 Å². The van der Waals surface area contributed by atoms with E-state index < -0.39 is 30.9 Å². The zero-order valence-corrected chi connectivity index (χ0v) is 14.5. The Morgan fingerprint density at radius 2 is 1.67 bits per heavy atom. The number of nitrogens with one attached hydrogen (secondary N) is 1. The van der Waals surface area contributed by atoms with E-state index in [1.807, 2.05) is 0 Å². The Hall–Kier alpha value is -1.35. The number of urea groups is 1. The van der Waals surface area contributed by atoms with Crippen molar-refractivity contribution in [2.75, 3.05) is 39.8 Å². The number of ether oxygens (including phenoxy) is 1. The lowest BCUT2D eigenvalue weighted by molar-refractivity contribution is -0.148. The molecule has 1 aliphatic heterocycles. The van der Waals surface area contributed by atoms with Gasteiger partial charge in [0.2, 0.25) is 0 Å². The van der Waals surface area contributed by atoms with Crippen LogP contribution in [-0.2, 0) is 9.53 Å². The fourth-order valence-corrected chi connectivity index (χ4v) is 2.50. The molecule has 2 amide bonds. The third-order valence-electron chi connectivity index (χ3n) is 4.06. The monoisotopic (exact) mass is 353 g/mol. The van der Waals surface area contributed by atoms with Crippen LogP contribution in [0.5, 0.6) is 0 Å². The summed E-state index contributed by atoms with van der Waals surface area (Å²) < 4.78 is 42.3. The summed E-state index contributed by atoms with van der Waals surface area (Å²) in [5.41, 5.74) is 0. The highest BCUT2D eigenvalue weighted by Crippen LogP contribution is 2.17. The van der Waals surface area contributed by atoms with Crippen LogP contribution >= 0.6 is 0 Å². The van der Waals surface area contributed by atoms with Crippen molar-refractivity contribution in [3.8, 4) is 0 Å². The second-order valence-corrected chi connectivity index (χ2v) is 6.30. The fraction of sp³-hybridized carbons (Fsp3) is 0.867. The standard InChI is InChI=1S/C15H26F3N3O3/c1-10(2)13(22)12(11(3)24-4)19-14(23)21-7-5-20(6-8-21)9-15(16,17)18/h10-12H,5-9H2,1-4H3,(H,19,23)/t11-,12+/m1/s1. The molecule has 0 bridgehead atoms. The Morgan fingerprint density at radius 1 is 1.12 bits per heavy atom. The molecule has 0 saturated carbocycles. The summed E-state index contributed by atoms with van der Waals surface area (Å²) in [6.45, 7) is 4.85. The van der Waals surface area contributed by atoms with Crippen molar-refractivity contribution >= 4 is 11.8 Å². The summed E-state index contributed by atoms with van der Waals surface area (Å²) in [5, 5.41) is 2.65. The van der Waals surface area contributed by atoms with Gasteiger partial charge in [-0.1, -0.05) is 13.8 Å². The number of ketones is 1. The summed E-state index contributed by atoms with van der Waals surface area (Å²) in [5.74, 6) is -0.412. The molecular weight excluding hydrogens is 327 g/mol. The molecule has 0 aromatic carbocycles. The molecule has 1 saturated heterocycles. The number of Topliss-reactive ketones (excluding diaryl/α,β-unsaturated/α-hetero) is 1. The molecule has 1 N–H and O–H groups in total. The minimum Gasteiger partial charge on any atom is -0.379 e. The number of carbonyl (C=O) groups excluding carboxylic acids is 2. The highest BCUT2D eigenvalue weighted by Gasteiger charge is 2.34. The number of rotatable bonds is 6. The average Bonchev–Trinajstić information content (AvgIpc) is 2.50. The van der Waals surface area contributed by atoms with E-state index >= 15 is 0 Å². The molecule has 0 aliphatic carbocycles. The van der Waals surface area contributed by atoms with E-state index in [1.54, 1.807) is 20.8 Å². The van der Waals surface area contributed by atoms with Crippen molar-refractivity contribution in [1.29, 1.82) is 0 Å². The summed E-state index contributed by atoms with van der Waals surface area (Å²) in [6.07, 6.45) is -4.73. The van der Waals surface area contributed by atoms with Gasteiger partial charge in [0.05, 0.1) is 12.6 Å². The van der Waals surface area contributed by atoms with E-state index in [0.29, 0.717) is 0 Å². The zero-order valence-electron chi connectivity index (χ0n) is 14.5. The van der Waals surface area contributed by atoms with Gasteiger partial charge in [-0.2, -0.15) is 13.2 Å². The lowest BCUT2D eigenvalue weighted by atomic mass is 9.98. The highest BCUT2D eigenvalue weighted by molar-refractivity contribution is 5.90. The third kappa shape index (κ3) is 6.27. The Morgan fingerprint density at radius 3 is 2.08 bits per heavy atom. The molecule has 1 rings (SSSR count). The minimum absolute atomic E-state index is 0.145. The molecule has 1 heterocycles. The van der Waals surface area contributed by atoms with Gasteiger partial charge in [-0.15, -0.1) is 0 Å². The third-order valence-corrected chi connectivity index (χ3v) is 4.06. The van der Waals surface area contributed by atoms with Gasteiger partial charge in [0.1, 0.15) is 6.04 Å². The first kappa shape index (κ1) is 20.7. The van der Waals surface area contributed by atoms with Gasteiger partial charge < -0.3 is 15.0 Å². The molecule has 140 valence electrons. The van der Waals surface area contributed by atoms with Crippen molar-refractivity contribution in [1.82, 2.24) is 15.1 Å². The van der Waals surface area contributed by atoms with E-state index in [2.05, 4.69) is 5.32 Å². The zero-order chi connectivity index (χ0) is 18.5. The van der Waals surface area contributed by atoms with E-state index in [4.69, 9.17) is 4.74 Å². The predicted molar refractivity (Wildman–Crippen MR) is 82.7 cm³/mol. The molecule has 6 nitrogen and oxygen atoms in total. The summed E-state index contributed by atoms with van der Waals surface area (Å²) in [4.78, 5) is 27.2. The van der Waals surface area contributed by atoms with Crippen LogP contribution in [0.4, 0.5) is 18.0 Å². The second-order valence-electron chi connectivity index (χ2n) is 6.30. The van der Waals surface area contributed by atoms with E-state index in [1.165, 1.54) is 16.9 Å². The normalized spacial score (nSPS) is 19.2. The topological polar surface area (TPSA) is 61.9 Å². The molecule has 1 fully saturated rings. The van der Waals surface area contributed by atoms with Gasteiger partial charge in [0, 0.05) is 39.2 Å². The summed E-state index contributed by atoms with van der Waals surface area (Å²) in [6, 6.07) is -1.24. The van der Waals surface area contributed by atoms with Gasteiger partial charge in [0.15, 0.2) is 5.78 Å². The van der Waals surface area contributed by atoms with Crippen LogP contribution in [0.15, 0.2) is 0 Å². The first-order valence-electron chi connectivity index (χ1n) is 7.96. The number of alkyl halides is 3. The Kier molecular flexibility index (Phi) is 7.47. The van der Waals surface area contributed by atoms with Crippen molar-refractivity contribution in [2.24, 2.45) is 5.92 Å². The number of hydrogen-bond donors (Lipinski definition) is 1. The SMILES string of the molecule is CO[C@H](C)[C@H](NC(=O)N1CCN(CC(F)(F)F)CC1)C(=O)C(C)C. The van der Waals surface area contributed by atoms with Crippen LogP contribution in [0.1, 0.15) is 20.8 Å². The van der Waals surface area contributed by atoms with Crippen LogP contribution in [0, 0.1) is 5.92 Å². The Balaban J connectivity index is 2.59. The van der Waals surface area contributed by atoms with Gasteiger partial charge in [-0.3, -0.25) is 9.69 Å². The van der Waals surface area contributed by atoms with Crippen LogP contribution in [0.2, 0.25) is 0 Å². The van der Waals surface area contributed by atoms with Gasteiger partial charge in [-0.05, 0) is 6.92 Å². The number of nitrogens with zero attached hydrogens (tertiary/aromatic N) is 2. The first-order chi connectivity index (χ1) is 11.0.